The van der Waals surface area contributed by atoms with Crippen molar-refractivity contribution in [1.29, 1.82) is 0 Å². The fourth-order valence-corrected chi connectivity index (χ4v) is 3.65. The molecule has 0 bridgehead atoms. The first-order valence-corrected chi connectivity index (χ1v) is 10.4. The molecule has 5 nitrogen and oxygen atoms in total. The lowest BCUT2D eigenvalue weighted by Crippen LogP contribution is -2.43. The van der Waals surface area contributed by atoms with E-state index in [1.807, 2.05) is 50.2 Å². The number of fused-ring (bicyclic) bond motifs is 1. The standard InChI is InChI=1S/C18H21N5S.C2H6/c1-13-12-19-17(22-7-9-23(24-2)10-8-22)11-14(13)18-20-15-5-3-4-6-16(15)21-18;1-2/h3-6,11-12H,7-10H2,1-2H3,(H,20,21);1-2H3. The van der Waals surface area contributed by atoms with Gasteiger partial charge < -0.3 is 9.88 Å². The minimum atomic E-state index is 0.917. The lowest BCUT2D eigenvalue weighted by atomic mass is 10.1. The highest BCUT2D eigenvalue weighted by molar-refractivity contribution is 7.96. The Morgan fingerprint density at radius 3 is 2.50 bits per heavy atom. The molecule has 6 heteroatoms. The molecule has 1 fully saturated rings. The molecular formula is C20H27N5S. The second kappa shape index (κ2) is 8.56. The van der Waals surface area contributed by atoms with Crippen LogP contribution in [0.3, 0.4) is 0 Å². The summed E-state index contributed by atoms with van der Waals surface area (Å²) in [5.74, 6) is 1.96. The molecule has 3 aromatic rings. The van der Waals surface area contributed by atoms with E-state index < -0.39 is 0 Å². The summed E-state index contributed by atoms with van der Waals surface area (Å²) in [5.41, 5.74) is 4.33. The molecule has 1 saturated heterocycles. The maximum Gasteiger partial charge on any atom is 0.138 e. The Balaban J connectivity index is 0.000000948. The summed E-state index contributed by atoms with van der Waals surface area (Å²) in [6.45, 7) is 10.2. The zero-order valence-corrected chi connectivity index (χ0v) is 16.8. The van der Waals surface area contributed by atoms with Crippen LogP contribution in [0.15, 0.2) is 36.5 Å². The highest BCUT2D eigenvalue weighted by Crippen LogP contribution is 2.27. The summed E-state index contributed by atoms with van der Waals surface area (Å²) in [4.78, 5) is 15.2. The second-order valence-corrected chi connectivity index (χ2v) is 6.94. The molecule has 1 N–H and O–H groups in total. The number of piperazine rings is 1. The molecule has 0 spiro atoms. The summed E-state index contributed by atoms with van der Waals surface area (Å²) in [6.07, 6.45) is 4.10. The van der Waals surface area contributed by atoms with Crippen molar-refractivity contribution in [3.63, 3.8) is 0 Å². The summed E-state index contributed by atoms with van der Waals surface area (Å²) in [5, 5.41) is 0. The molecule has 0 atom stereocenters. The van der Waals surface area contributed by atoms with Crippen molar-refractivity contribution in [2.75, 3.05) is 37.3 Å². The van der Waals surface area contributed by atoms with E-state index in [2.05, 4.69) is 44.5 Å². The Morgan fingerprint density at radius 2 is 1.81 bits per heavy atom. The molecule has 0 aliphatic carbocycles. The largest absolute Gasteiger partial charge is 0.354 e. The summed E-state index contributed by atoms with van der Waals surface area (Å²) < 4.78 is 2.39. The molecule has 138 valence electrons. The van der Waals surface area contributed by atoms with E-state index in [-0.39, 0.29) is 0 Å². The number of benzene rings is 1. The van der Waals surface area contributed by atoms with E-state index in [1.54, 1.807) is 0 Å². The topological polar surface area (TPSA) is 48.0 Å². The number of pyridine rings is 1. The molecule has 0 amide bonds. The van der Waals surface area contributed by atoms with Crippen molar-refractivity contribution in [1.82, 2.24) is 19.3 Å². The molecule has 1 aromatic carbocycles. The average Bonchev–Trinajstić information content (AvgIpc) is 3.14. The highest BCUT2D eigenvalue weighted by Gasteiger charge is 2.19. The van der Waals surface area contributed by atoms with Crippen molar-refractivity contribution in [3.8, 4) is 11.4 Å². The smallest absolute Gasteiger partial charge is 0.138 e. The third-order valence-corrected chi connectivity index (χ3v) is 5.44. The third-order valence-electron chi connectivity index (χ3n) is 4.55. The monoisotopic (exact) mass is 369 g/mol. The van der Waals surface area contributed by atoms with Gasteiger partial charge >= 0.3 is 0 Å². The SMILES string of the molecule is CC.CSN1CCN(c2cc(-c3nc4ccccc4[nH]3)c(C)cn2)CC1. The highest BCUT2D eigenvalue weighted by atomic mass is 32.2. The third kappa shape index (κ3) is 3.86. The molecule has 3 heterocycles. The number of nitrogens with one attached hydrogen (secondary N) is 1. The molecule has 0 saturated carbocycles. The number of imidazole rings is 1. The quantitative estimate of drug-likeness (QED) is 0.695. The van der Waals surface area contributed by atoms with Crippen LogP contribution in [0.25, 0.3) is 22.4 Å². The Labute approximate surface area is 160 Å². The van der Waals surface area contributed by atoms with Gasteiger partial charge in [0.25, 0.3) is 0 Å². The molecule has 0 radical (unpaired) electrons. The molecule has 1 aliphatic heterocycles. The zero-order chi connectivity index (χ0) is 18.5. The van der Waals surface area contributed by atoms with Gasteiger partial charge in [-0.2, -0.15) is 0 Å². The van der Waals surface area contributed by atoms with E-state index in [9.17, 15) is 0 Å². The van der Waals surface area contributed by atoms with Crippen molar-refractivity contribution < 1.29 is 0 Å². The number of aryl methyl sites for hydroxylation is 1. The van der Waals surface area contributed by atoms with E-state index in [0.717, 1.165) is 60.0 Å². The second-order valence-electron chi connectivity index (χ2n) is 6.06. The van der Waals surface area contributed by atoms with Gasteiger partial charge in [-0.15, -0.1) is 0 Å². The number of aromatic amines is 1. The van der Waals surface area contributed by atoms with Crippen LogP contribution < -0.4 is 4.90 Å². The summed E-state index contributed by atoms with van der Waals surface area (Å²) in [6, 6.07) is 10.3. The average molecular weight is 370 g/mol. The number of aromatic nitrogens is 3. The normalized spacial score (nSPS) is 15.0. The number of para-hydroxylation sites is 2. The van der Waals surface area contributed by atoms with E-state index >= 15 is 0 Å². The van der Waals surface area contributed by atoms with Crippen LogP contribution in [0, 0.1) is 6.92 Å². The van der Waals surface area contributed by atoms with Crippen molar-refractivity contribution in [2.45, 2.75) is 20.8 Å². The Hall–Kier alpha value is -2.05. The van der Waals surface area contributed by atoms with E-state index in [1.165, 1.54) is 0 Å². The van der Waals surface area contributed by atoms with Gasteiger partial charge in [0, 0.05) is 37.9 Å². The predicted octanol–water partition coefficient (Wildman–Crippen LogP) is 4.36. The van der Waals surface area contributed by atoms with E-state index in [4.69, 9.17) is 4.98 Å². The van der Waals surface area contributed by atoms with Gasteiger partial charge in [0.2, 0.25) is 0 Å². The minimum absolute atomic E-state index is 0.917. The van der Waals surface area contributed by atoms with Crippen LogP contribution in [0.5, 0.6) is 0 Å². The van der Waals surface area contributed by atoms with Gasteiger partial charge in [-0.25, -0.2) is 14.3 Å². The van der Waals surface area contributed by atoms with Gasteiger partial charge in [0.15, 0.2) is 0 Å². The molecule has 2 aromatic heterocycles. The molecule has 4 rings (SSSR count). The Morgan fingerprint density at radius 1 is 1.08 bits per heavy atom. The summed E-state index contributed by atoms with van der Waals surface area (Å²) in [7, 11) is 0. The fourth-order valence-electron chi connectivity index (χ4n) is 3.12. The lowest BCUT2D eigenvalue weighted by Gasteiger charge is -2.34. The first-order valence-electron chi connectivity index (χ1n) is 9.20. The number of hydrogen-bond acceptors (Lipinski definition) is 5. The Kier molecular flexibility index (Phi) is 6.16. The van der Waals surface area contributed by atoms with Crippen LogP contribution in [-0.2, 0) is 0 Å². The fraction of sp³-hybridized carbons (Fsp3) is 0.400. The molecular weight excluding hydrogens is 342 g/mol. The number of hydrogen-bond donors (Lipinski definition) is 1. The molecule has 0 unspecified atom stereocenters. The van der Waals surface area contributed by atoms with Crippen LogP contribution in [-0.4, -0.2) is 51.7 Å². The van der Waals surface area contributed by atoms with Gasteiger partial charge in [0.1, 0.15) is 11.6 Å². The van der Waals surface area contributed by atoms with Gasteiger partial charge in [0.05, 0.1) is 11.0 Å². The van der Waals surface area contributed by atoms with Crippen molar-refractivity contribution in [2.24, 2.45) is 0 Å². The molecule has 1 aliphatic rings. The first-order chi connectivity index (χ1) is 12.7. The van der Waals surface area contributed by atoms with E-state index in [0.29, 0.717) is 0 Å². The van der Waals surface area contributed by atoms with Crippen LogP contribution in [0.4, 0.5) is 5.82 Å². The number of anilines is 1. The van der Waals surface area contributed by atoms with Crippen molar-refractivity contribution >= 4 is 28.8 Å². The Bertz CT molecular complexity index is 819. The number of H-pyrrole nitrogens is 1. The maximum atomic E-state index is 4.74. The maximum absolute atomic E-state index is 4.74. The lowest BCUT2D eigenvalue weighted by molar-refractivity contribution is 0.429. The van der Waals surface area contributed by atoms with Gasteiger partial charge in [-0.3, -0.25) is 0 Å². The number of rotatable bonds is 3. The predicted molar refractivity (Wildman–Crippen MR) is 113 cm³/mol. The van der Waals surface area contributed by atoms with Crippen LogP contribution in [0.2, 0.25) is 0 Å². The van der Waals surface area contributed by atoms with Crippen molar-refractivity contribution in [3.05, 3.63) is 42.1 Å². The van der Waals surface area contributed by atoms with Gasteiger partial charge in [-0.1, -0.05) is 37.9 Å². The van der Waals surface area contributed by atoms with Gasteiger partial charge in [-0.05, 0) is 36.9 Å². The molecule has 26 heavy (non-hydrogen) atoms. The first kappa shape index (κ1) is 18.7. The minimum Gasteiger partial charge on any atom is -0.354 e. The van der Waals surface area contributed by atoms with Crippen LogP contribution in [0.1, 0.15) is 19.4 Å². The van der Waals surface area contributed by atoms with Crippen LogP contribution >= 0.6 is 11.9 Å². The zero-order valence-electron chi connectivity index (χ0n) is 16.0. The number of nitrogens with zero attached hydrogens (tertiary/aromatic N) is 4. The summed E-state index contributed by atoms with van der Waals surface area (Å²) >= 11 is 1.82.